The van der Waals surface area contributed by atoms with Crippen LogP contribution in [0, 0.1) is 0 Å². The smallest absolute Gasteiger partial charge is 0.240 e. The van der Waals surface area contributed by atoms with Gasteiger partial charge in [-0.3, -0.25) is 0 Å². The number of hydrogen-bond donors (Lipinski definition) is 1. The first kappa shape index (κ1) is 20.1. The molecule has 1 aliphatic rings. The lowest BCUT2D eigenvalue weighted by molar-refractivity contribution is 0.299. The fraction of sp³-hybridized carbons (Fsp3) is 0.400. The predicted molar refractivity (Wildman–Crippen MR) is 111 cm³/mol. The van der Waals surface area contributed by atoms with Gasteiger partial charge in [0.15, 0.2) is 0 Å². The Morgan fingerprint density at radius 3 is 2.70 bits per heavy atom. The van der Waals surface area contributed by atoms with Crippen LogP contribution in [0.2, 0.25) is 5.02 Å². The van der Waals surface area contributed by atoms with Crippen molar-refractivity contribution in [3.63, 3.8) is 0 Å². The Bertz CT molecular complexity index is 915. The van der Waals surface area contributed by atoms with E-state index in [9.17, 15) is 8.42 Å². The molecule has 5 nitrogen and oxygen atoms in total. The zero-order chi connectivity index (χ0) is 19.6. The third-order valence-electron chi connectivity index (χ3n) is 5.04. The molecule has 2 aromatic rings. The van der Waals surface area contributed by atoms with E-state index in [1.165, 1.54) is 17.3 Å². The van der Waals surface area contributed by atoms with Gasteiger partial charge in [-0.05, 0) is 62.3 Å². The molecule has 0 radical (unpaired) electrons. The topological polar surface area (TPSA) is 52.7 Å². The average Bonchev–Trinajstić information content (AvgIpc) is 2.61. The summed E-state index contributed by atoms with van der Waals surface area (Å²) in [5.41, 5.74) is 3.70. The lowest BCUT2D eigenvalue weighted by Crippen LogP contribution is -2.34. The van der Waals surface area contributed by atoms with E-state index < -0.39 is 10.0 Å². The Morgan fingerprint density at radius 1 is 1.22 bits per heavy atom. The molecule has 1 unspecified atom stereocenters. The molecule has 1 heterocycles. The Morgan fingerprint density at radius 2 is 2.00 bits per heavy atom. The van der Waals surface area contributed by atoms with Gasteiger partial charge in [0.05, 0.1) is 4.90 Å². The Kier molecular flexibility index (Phi) is 6.11. The number of benzene rings is 2. The van der Waals surface area contributed by atoms with E-state index in [0.717, 1.165) is 24.9 Å². The van der Waals surface area contributed by atoms with Crippen LogP contribution >= 0.6 is 11.6 Å². The van der Waals surface area contributed by atoms with E-state index in [1.54, 1.807) is 18.2 Å². The number of fused-ring (bicyclic) bond motifs is 1. The Labute approximate surface area is 167 Å². The lowest BCUT2D eigenvalue weighted by atomic mass is 9.96. The molecule has 0 aromatic heterocycles. The molecule has 27 heavy (non-hydrogen) atoms. The molecule has 0 bridgehead atoms. The van der Waals surface area contributed by atoms with E-state index in [1.807, 2.05) is 19.0 Å². The maximum atomic E-state index is 12.6. The van der Waals surface area contributed by atoms with Crippen LogP contribution in [0.1, 0.15) is 23.6 Å². The summed E-state index contributed by atoms with van der Waals surface area (Å²) in [4.78, 5) is 4.49. The molecule has 1 N–H and O–H groups in total. The quantitative estimate of drug-likeness (QED) is 0.798. The molecule has 0 aliphatic carbocycles. The number of likely N-dealkylation sites (N-methyl/N-ethyl adjacent to an activating group) is 1. The zero-order valence-corrected chi connectivity index (χ0v) is 17.5. The number of aryl methyl sites for hydroxylation is 1. The highest BCUT2D eigenvalue weighted by Gasteiger charge is 2.22. The van der Waals surface area contributed by atoms with Crippen LogP contribution in [-0.2, 0) is 16.4 Å². The van der Waals surface area contributed by atoms with E-state index in [4.69, 9.17) is 11.6 Å². The second kappa shape index (κ2) is 8.19. The summed E-state index contributed by atoms with van der Waals surface area (Å²) in [5, 5.41) is 0.404. The maximum absolute atomic E-state index is 12.6. The fourth-order valence-corrected chi connectivity index (χ4v) is 4.86. The highest BCUT2D eigenvalue weighted by atomic mass is 35.5. The number of nitrogens with zero attached hydrogens (tertiary/aromatic N) is 2. The standard InChI is InChI=1S/C20H26ClN3O2S/c1-23(2)20(14-22-27(25,26)18-8-4-7-17(21)13-18)16-9-10-19-15(12-16)6-5-11-24(19)3/h4,7-10,12-13,20,22H,5-6,11,14H2,1-3H3. The van der Waals surface area contributed by atoms with Gasteiger partial charge in [0.25, 0.3) is 0 Å². The van der Waals surface area contributed by atoms with Crippen LogP contribution < -0.4 is 9.62 Å². The fourth-order valence-electron chi connectivity index (χ4n) is 3.52. The van der Waals surface area contributed by atoms with Gasteiger partial charge in [0.2, 0.25) is 10.0 Å². The van der Waals surface area contributed by atoms with Gasteiger partial charge in [0.1, 0.15) is 0 Å². The summed E-state index contributed by atoms with van der Waals surface area (Å²) in [6, 6.07) is 12.7. The molecule has 3 rings (SSSR count). The summed E-state index contributed by atoms with van der Waals surface area (Å²) in [6.07, 6.45) is 2.20. The molecule has 7 heteroatoms. The second-order valence-electron chi connectivity index (χ2n) is 7.20. The minimum atomic E-state index is -3.61. The van der Waals surface area contributed by atoms with Crippen molar-refractivity contribution >= 4 is 27.3 Å². The van der Waals surface area contributed by atoms with Crippen molar-refractivity contribution in [1.82, 2.24) is 9.62 Å². The number of nitrogens with one attached hydrogen (secondary N) is 1. The van der Waals surface area contributed by atoms with Crippen LogP contribution in [0.4, 0.5) is 5.69 Å². The molecule has 0 saturated heterocycles. The summed E-state index contributed by atoms with van der Waals surface area (Å²) >= 11 is 5.93. The largest absolute Gasteiger partial charge is 0.374 e. The average molecular weight is 408 g/mol. The molecule has 2 aromatic carbocycles. The van der Waals surface area contributed by atoms with Crippen molar-refractivity contribution < 1.29 is 8.42 Å². The van der Waals surface area contributed by atoms with E-state index >= 15 is 0 Å². The third-order valence-corrected chi connectivity index (χ3v) is 6.69. The van der Waals surface area contributed by atoms with Crippen molar-refractivity contribution in [1.29, 1.82) is 0 Å². The summed E-state index contributed by atoms with van der Waals surface area (Å²) in [5.74, 6) is 0. The van der Waals surface area contributed by atoms with Gasteiger partial charge < -0.3 is 9.80 Å². The first-order chi connectivity index (χ1) is 12.8. The molecule has 146 valence electrons. The van der Waals surface area contributed by atoms with Crippen LogP contribution in [0.15, 0.2) is 47.4 Å². The summed E-state index contributed by atoms with van der Waals surface area (Å²) in [6.45, 7) is 1.36. The highest BCUT2D eigenvalue weighted by molar-refractivity contribution is 7.89. The molecule has 1 atom stereocenters. The van der Waals surface area contributed by atoms with E-state index in [2.05, 4.69) is 34.9 Å². The highest BCUT2D eigenvalue weighted by Crippen LogP contribution is 2.30. The van der Waals surface area contributed by atoms with Gasteiger partial charge in [-0.25, -0.2) is 13.1 Å². The second-order valence-corrected chi connectivity index (χ2v) is 9.41. The van der Waals surface area contributed by atoms with Crippen molar-refractivity contribution in [2.24, 2.45) is 0 Å². The van der Waals surface area contributed by atoms with Crippen LogP contribution in [0.5, 0.6) is 0 Å². The first-order valence-electron chi connectivity index (χ1n) is 9.03. The first-order valence-corrected chi connectivity index (χ1v) is 10.9. The third kappa shape index (κ3) is 4.63. The van der Waals surface area contributed by atoms with E-state index in [-0.39, 0.29) is 17.5 Å². The number of sulfonamides is 1. The monoisotopic (exact) mass is 407 g/mol. The SMILES string of the molecule is CN1CCCc2cc(C(CNS(=O)(=O)c3cccc(Cl)c3)N(C)C)ccc21. The molecular formula is C20H26ClN3O2S. The zero-order valence-electron chi connectivity index (χ0n) is 15.9. The minimum absolute atomic E-state index is 0.0588. The lowest BCUT2D eigenvalue weighted by Gasteiger charge is -2.30. The summed E-state index contributed by atoms with van der Waals surface area (Å²) < 4.78 is 28.0. The van der Waals surface area contributed by atoms with E-state index in [0.29, 0.717) is 5.02 Å². The van der Waals surface area contributed by atoms with Gasteiger partial charge in [0, 0.05) is 36.9 Å². The van der Waals surface area contributed by atoms with Crippen molar-refractivity contribution in [3.05, 3.63) is 58.6 Å². The normalized spacial score (nSPS) is 15.7. The Hall–Kier alpha value is -1.60. The number of hydrogen-bond acceptors (Lipinski definition) is 4. The minimum Gasteiger partial charge on any atom is -0.374 e. The molecule has 0 saturated carbocycles. The predicted octanol–water partition coefficient (Wildman–Crippen LogP) is 3.30. The molecule has 1 aliphatic heterocycles. The summed E-state index contributed by atoms with van der Waals surface area (Å²) in [7, 11) is 2.42. The number of halogens is 1. The van der Waals surface area contributed by atoms with Crippen molar-refractivity contribution in [2.45, 2.75) is 23.8 Å². The van der Waals surface area contributed by atoms with Gasteiger partial charge in [-0.2, -0.15) is 0 Å². The van der Waals surface area contributed by atoms with Crippen LogP contribution in [-0.4, -0.2) is 47.6 Å². The van der Waals surface area contributed by atoms with Crippen LogP contribution in [0.3, 0.4) is 0 Å². The molecular weight excluding hydrogens is 382 g/mol. The van der Waals surface area contributed by atoms with Crippen molar-refractivity contribution in [2.75, 3.05) is 39.1 Å². The molecule has 0 fully saturated rings. The van der Waals surface area contributed by atoms with Crippen LogP contribution in [0.25, 0.3) is 0 Å². The molecule has 0 spiro atoms. The number of rotatable bonds is 6. The van der Waals surface area contributed by atoms with Gasteiger partial charge >= 0.3 is 0 Å². The number of anilines is 1. The maximum Gasteiger partial charge on any atom is 0.240 e. The van der Waals surface area contributed by atoms with Gasteiger partial charge in [-0.1, -0.05) is 29.8 Å². The van der Waals surface area contributed by atoms with Gasteiger partial charge in [-0.15, -0.1) is 0 Å². The Balaban J connectivity index is 1.81. The molecule has 0 amide bonds. The van der Waals surface area contributed by atoms with Crippen molar-refractivity contribution in [3.8, 4) is 0 Å².